The summed E-state index contributed by atoms with van der Waals surface area (Å²) in [7, 11) is 2.90. The van der Waals surface area contributed by atoms with Gasteiger partial charge in [0.25, 0.3) is 5.91 Å². The third kappa shape index (κ3) is 2.95. The van der Waals surface area contributed by atoms with Crippen LogP contribution in [0.3, 0.4) is 0 Å². The number of methoxy groups -OCH3 is 2. The maximum atomic E-state index is 13.3. The van der Waals surface area contributed by atoms with E-state index in [0.717, 1.165) is 16.5 Å². The summed E-state index contributed by atoms with van der Waals surface area (Å²) in [4.78, 5) is 34.2. The van der Waals surface area contributed by atoms with E-state index >= 15 is 0 Å². The fraction of sp³-hybridized carbons (Fsp3) is 0.174. The van der Waals surface area contributed by atoms with Crippen molar-refractivity contribution in [2.75, 3.05) is 25.7 Å². The van der Waals surface area contributed by atoms with Crippen LogP contribution in [0.4, 0.5) is 5.69 Å². The second-order valence-corrected chi connectivity index (χ2v) is 7.35. The molecule has 31 heavy (non-hydrogen) atoms. The third-order valence-electron chi connectivity index (χ3n) is 5.64. The first-order valence-electron chi connectivity index (χ1n) is 9.71. The van der Waals surface area contributed by atoms with Crippen molar-refractivity contribution in [1.29, 1.82) is 0 Å². The van der Waals surface area contributed by atoms with Crippen molar-refractivity contribution in [2.45, 2.75) is 6.42 Å². The van der Waals surface area contributed by atoms with Gasteiger partial charge in [0.2, 0.25) is 0 Å². The fourth-order valence-electron chi connectivity index (χ4n) is 4.11. The number of H-pyrrole nitrogens is 1. The zero-order valence-electron chi connectivity index (χ0n) is 16.9. The van der Waals surface area contributed by atoms with Crippen molar-refractivity contribution in [3.63, 3.8) is 0 Å². The van der Waals surface area contributed by atoms with Crippen molar-refractivity contribution in [3.05, 3.63) is 59.4 Å². The van der Waals surface area contributed by atoms with E-state index in [-0.39, 0.29) is 17.2 Å². The Bertz CT molecular complexity index is 1370. The highest BCUT2D eigenvalue weighted by molar-refractivity contribution is 6.11. The predicted octanol–water partition coefficient (Wildman–Crippen LogP) is 3.42. The molecule has 2 aromatic heterocycles. The van der Waals surface area contributed by atoms with Crippen LogP contribution in [0.25, 0.3) is 21.8 Å². The van der Waals surface area contributed by atoms with Crippen LogP contribution in [0, 0.1) is 0 Å². The molecule has 5 rings (SSSR count). The summed E-state index contributed by atoms with van der Waals surface area (Å²) < 4.78 is 10.0. The molecule has 0 unspecified atom stereocenters. The second kappa shape index (κ2) is 7.02. The van der Waals surface area contributed by atoms with Crippen LogP contribution in [-0.4, -0.2) is 47.7 Å². The van der Waals surface area contributed by atoms with E-state index in [1.54, 1.807) is 30.2 Å². The number of aromatic hydroxyl groups is 1. The zero-order valence-corrected chi connectivity index (χ0v) is 16.9. The first-order chi connectivity index (χ1) is 15.0. The smallest absolute Gasteiger partial charge is 0.339 e. The van der Waals surface area contributed by atoms with Crippen LogP contribution < -0.4 is 9.64 Å². The van der Waals surface area contributed by atoms with E-state index in [0.29, 0.717) is 41.0 Å². The lowest BCUT2D eigenvalue weighted by molar-refractivity contribution is 0.0600. The topological polar surface area (TPSA) is 105 Å². The molecule has 8 heteroatoms. The summed E-state index contributed by atoms with van der Waals surface area (Å²) in [5.41, 5.74) is 3.41. The van der Waals surface area contributed by atoms with Crippen LogP contribution in [0.5, 0.6) is 11.5 Å². The van der Waals surface area contributed by atoms with Gasteiger partial charge in [-0.2, -0.15) is 0 Å². The maximum absolute atomic E-state index is 13.3. The molecule has 1 aliphatic rings. The fourth-order valence-corrected chi connectivity index (χ4v) is 4.11. The van der Waals surface area contributed by atoms with E-state index in [1.807, 2.05) is 18.2 Å². The van der Waals surface area contributed by atoms with Gasteiger partial charge in [0.05, 0.1) is 25.5 Å². The Kier molecular flexibility index (Phi) is 4.28. The van der Waals surface area contributed by atoms with E-state index in [2.05, 4.69) is 9.97 Å². The number of pyridine rings is 1. The quantitative estimate of drug-likeness (QED) is 0.495. The Morgan fingerprint density at radius 3 is 2.77 bits per heavy atom. The number of aromatic amines is 1. The lowest BCUT2D eigenvalue weighted by Crippen LogP contribution is -2.29. The number of carbonyl (C=O) groups excluding carboxylic acids is 2. The lowest BCUT2D eigenvalue weighted by atomic mass is 10.0. The number of amides is 1. The highest BCUT2D eigenvalue weighted by Crippen LogP contribution is 2.39. The molecule has 0 atom stereocenters. The highest BCUT2D eigenvalue weighted by atomic mass is 16.5. The van der Waals surface area contributed by atoms with Crippen molar-refractivity contribution in [3.8, 4) is 11.5 Å². The van der Waals surface area contributed by atoms with Gasteiger partial charge in [-0.05, 0) is 42.3 Å². The van der Waals surface area contributed by atoms with E-state index < -0.39 is 5.97 Å². The first kappa shape index (κ1) is 18.9. The number of nitrogens with one attached hydrogen (secondary N) is 1. The standard InChI is InChI=1S/C23H19N3O5/c1-30-14-3-4-17-12(7-14)9-18(25-17)22(28)26-6-5-15-16-8-13(23(29)31-2)11-24-21(16)20(27)10-19(15)26/h3-4,7-11,25,27H,5-6H2,1-2H3. The molecular weight excluding hydrogens is 398 g/mol. The average Bonchev–Trinajstić information content (AvgIpc) is 3.41. The van der Waals surface area contributed by atoms with Crippen molar-refractivity contribution < 1.29 is 24.2 Å². The number of phenols is 1. The number of anilines is 1. The minimum atomic E-state index is -0.508. The molecule has 156 valence electrons. The molecule has 4 aromatic rings. The highest BCUT2D eigenvalue weighted by Gasteiger charge is 2.30. The number of esters is 1. The first-order valence-corrected chi connectivity index (χ1v) is 9.71. The summed E-state index contributed by atoms with van der Waals surface area (Å²) in [6.45, 7) is 0.452. The zero-order chi connectivity index (χ0) is 21.7. The number of carbonyl (C=O) groups is 2. The number of benzene rings is 2. The van der Waals surface area contributed by atoms with E-state index in [9.17, 15) is 14.7 Å². The second-order valence-electron chi connectivity index (χ2n) is 7.35. The Balaban J connectivity index is 1.58. The van der Waals surface area contributed by atoms with Gasteiger partial charge >= 0.3 is 5.97 Å². The van der Waals surface area contributed by atoms with Crippen LogP contribution >= 0.6 is 0 Å². The van der Waals surface area contributed by atoms with Crippen molar-refractivity contribution >= 4 is 39.4 Å². The van der Waals surface area contributed by atoms with Crippen LogP contribution in [-0.2, 0) is 11.2 Å². The number of phenolic OH excluding ortho intramolecular Hbond substituents is 1. The Labute approximate surface area is 177 Å². The van der Waals surface area contributed by atoms with Gasteiger partial charge < -0.3 is 24.5 Å². The summed E-state index contributed by atoms with van der Waals surface area (Å²) in [6, 6.07) is 10.5. The Morgan fingerprint density at radius 1 is 1.16 bits per heavy atom. The molecule has 3 heterocycles. The molecule has 0 saturated heterocycles. The minimum Gasteiger partial charge on any atom is -0.506 e. The molecular formula is C23H19N3O5. The number of nitrogens with zero attached hydrogens (tertiary/aromatic N) is 2. The number of aromatic nitrogens is 2. The van der Waals surface area contributed by atoms with Gasteiger partial charge in [0.1, 0.15) is 22.7 Å². The van der Waals surface area contributed by atoms with Crippen molar-refractivity contribution in [2.24, 2.45) is 0 Å². The summed E-state index contributed by atoms with van der Waals surface area (Å²) in [5, 5.41) is 12.0. The van der Waals surface area contributed by atoms with E-state index in [4.69, 9.17) is 9.47 Å². The number of hydrogen-bond acceptors (Lipinski definition) is 6. The van der Waals surface area contributed by atoms with Gasteiger partial charge in [0.15, 0.2) is 0 Å². The van der Waals surface area contributed by atoms with Gasteiger partial charge in [-0.1, -0.05) is 0 Å². The largest absolute Gasteiger partial charge is 0.506 e. The van der Waals surface area contributed by atoms with Crippen LogP contribution in [0.2, 0.25) is 0 Å². The van der Waals surface area contributed by atoms with Gasteiger partial charge in [-0.3, -0.25) is 9.78 Å². The molecule has 0 aliphatic carbocycles. The number of fused-ring (bicyclic) bond motifs is 4. The van der Waals surface area contributed by atoms with Gasteiger partial charge in [0, 0.05) is 35.1 Å². The van der Waals surface area contributed by atoms with Crippen LogP contribution in [0.15, 0.2) is 42.6 Å². The Hall–Kier alpha value is -4.07. The Morgan fingerprint density at radius 2 is 2.00 bits per heavy atom. The van der Waals surface area contributed by atoms with Gasteiger partial charge in [-0.25, -0.2) is 4.79 Å². The monoisotopic (exact) mass is 417 g/mol. The average molecular weight is 417 g/mol. The molecule has 2 aromatic carbocycles. The van der Waals surface area contributed by atoms with Crippen LogP contribution in [0.1, 0.15) is 26.4 Å². The van der Waals surface area contributed by atoms with Gasteiger partial charge in [-0.15, -0.1) is 0 Å². The van der Waals surface area contributed by atoms with E-state index in [1.165, 1.54) is 13.3 Å². The van der Waals surface area contributed by atoms with Crippen molar-refractivity contribution in [1.82, 2.24) is 9.97 Å². The summed E-state index contributed by atoms with van der Waals surface area (Å²) in [6.07, 6.45) is 1.95. The maximum Gasteiger partial charge on any atom is 0.339 e. The molecule has 0 saturated carbocycles. The predicted molar refractivity (Wildman–Crippen MR) is 115 cm³/mol. The SMILES string of the molecule is COC(=O)c1cnc2c(O)cc3c(c2c1)CCN3C(=O)c1cc2cc(OC)ccc2[nH]1. The molecule has 1 amide bonds. The molecule has 0 bridgehead atoms. The molecule has 0 radical (unpaired) electrons. The number of rotatable bonds is 3. The third-order valence-corrected chi connectivity index (χ3v) is 5.64. The summed E-state index contributed by atoms with van der Waals surface area (Å²) in [5.74, 6) is -0.0516. The molecule has 1 aliphatic heterocycles. The summed E-state index contributed by atoms with van der Waals surface area (Å²) >= 11 is 0. The number of hydrogen-bond donors (Lipinski definition) is 2. The molecule has 2 N–H and O–H groups in total. The normalized spacial score (nSPS) is 12.9. The molecule has 0 fully saturated rings. The number of ether oxygens (including phenoxy) is 2. The minimum absolute atomic E-state index is 0.0498. The molecule has 8 nitrogen and oxygen atoms in total. The molecule has 0 spiro atoms. The lowest BCUT2D eigenvalue weighted by Gasteiger charge is -2.17.